The fourth-order valence-electron chi connectivity index (χ4n) is 4.51. The number of rotatable bonds is 3. The molecule has 9 heteroatoms. The van der Waals surface area contributed by atoms with Gasteiger partial charge < -0.3 is 19.2 Å². The molecule has 0 aliphatic rings. The lowest BCUT2D eigenvalue weighted by molar-refractivity contribution is 0.0550. The first-order valence-corrected chi connectivity index (χ1v) is 11.6. The maximum Gasteiger partial charge on any atom is 0.419 e. The number of fused-ring (bicyclic) bond motifs is 7. The summed E-state index contributed by atoms with van der Waals surface area (Å²) < 4.78 is 14.6. The van der Waals surface area contributed by atoms with E-state index >= 15 is 0 Å². The average molecular weight is 490 g/mol. The van der Waals surface area contributed by atoms with E-state index in [9.17, 15) is 19.5 Å². The molecule has 5 rings (SSSR count). The molecule has 36 heavy (non-hydrogen) atoms. The molecule has 0 bridgehead atoms. The SMILES string of the molecule is CN(C)CCn1c(O)c2c3cc(=O)ccc3c3c(oc4ccccc4n3C(=O)OC(C)(C)C)c2c1=O. The Hall–Kier alpha value is -4.11. The molecular weight excluding hydrogens is 462 g/mol. The van der Waals surface area contributed by atoms with Gasteiger partial charge in [-0.3, -0.25) is 14.2 Å². The monoisotopic (exact) mass is 489 g/mol. The van der Waals surface area contributed by atoms with Crippen LogP contribution in [-0.2, 0) is 11.3 Å². The molecule has 186 valence electrons. The first-order valence-electron chi connectivity index (χ1n) is 11.6. The minimum atomic E-state index is -0.788. The second kappa shape index (κ2) is 8.23. The van der Waals surface area contributed by atoms with E-state index < -0.39 is 17.3 Å². The lowest BCUT2D eigenvalue weighted by atomic mass is 10.0. The van der Waals surface area contributed by atoms with Crippen molar-refractivity contribution in [2.75, 3.05) is 20.6 Å². The standard InChI is InChI=1S/C27H27N3O6/c1-27(2,3)36-26(34)30-18-8-6-7-9-19(18)35-23-21-20(17-14-15(31)10-11-16(17)22(23)30)24(32)29(25(21)33)13-12-28(4)5/h6-11,14,32H,12-13H2,1-5H3. The van der Waals surface area contributed by atoms with Crippen molar-refractivity contribution in [1.82, 2.24) is 14.0 Å². The molecule has 0 amide bonds. The Morgan fingerprint density at radius 1 is 1.06 bits per heavy atom. The van der Waals surface area contributed by atoms with Crippen molar-refractivity contribution in [1.29, 1.82) is 0 Å². The van der Waals surface area contributed by atoms with Crippen LogP contribution in [0.3, 0.4) is 0 Å². The molecule has 0 spiro atoms. The highest BCUT2D eigenvalue weighted by Crippen LogP contribution is 2.39. The molecule has 1 N–H and O–H groups in total. The molecule has 0 unspecified atom stereocenters. The number of hydrogen-bond donors (Lipinski definition) is 1. The van der Waals surface area contributed by atoms with Gasteiger partial charge in [0, 0.05) is 23.9 Å². The quantitative estimate of drug-likeness (QED) is 0.298. The van der Waals surface area contributed by atoms with Gasteiger partial charge in [0.1, 0.15) is 11.1 Å². The zero-order chi connectivity index (χ0) is 25.9. The van der Waals surface area contributed by atoms with Gasteiger partial charge in [-0.2, -0.15) is 0 Å². The summed E-state index contributed by atoms with van der Waals surface area (Å²) in [5.74, 6) is -0.249. The Balaban J connectivity index is 2.05. The summed E-state index contributed by atoms with van der Waals surface area (Å²) in [6.07, 6.45) is -0.657. The summed E-state index contributed by atoms with van der Waals surface area (Å²) in [7, 11) is 3.73. The number of carbonyl (C=O) groups excluding carboxylic acids is 1. The Labute approximate surface area is 205 Å². The third kappa shape index (κ3) is 3.72. The molecule has 0 aliphatic heterocycles. The Bertz CT molecular complexity index is 1800. The number of carbonyl (C=O) groups is 1. The van der Waals surface area contributed by atoms with Crippen LogP contribution in [0.25, 0.3) is 43.7 Å². The van der Waals surface area contributed by atoms with Gasteiger partial charge in [-0.25, -0.2) is 9.36 Å². The first kappa shape index (κ1) is 23.6. The van der Waals surface area contributed by atoms with Gasteiger partial charge in [0.25, 0.3) is 5.56 Å². The molecule has 0 radical (unpaired) electrons. The van der Waals surface area contributed by atoms with Crippen molar-refractivity contribution < 1.29 is 19.1 Å². The minimum absolute atomic E-state index is 0.0995. The number of likely N-dealkylation sites (N-methyl/N-ethyl adjacent to an activating group) is 1. The number of ether oxygens (including phenoxy) is 1. The molecule has 0 fully saturated rings. The summed E-state index contributed by atoms with van der Waals surface area (Å²) in [6, 6.07) is 11.3. The highest BCUT2D eigenvalue weighted by atomic mass is 16.6. The third-order valence-corrected chi connectivity index (χ3v) is 6.03. The lowest BCUT2D eigenvalue weighted by Gasteiger charge is -2.22. The smallest absolute Gasteiger partial charge is 0.419 e. The molecule has 9 nitrogen and oxygen atoms in total. The molecular formula is C27H27N3O6. The van der Waals surface area contributed by atoms with Gasteiger partial charge in [-0.15, -0.1) is 0 Å². The number of benzene rings is 3. The zero-order valence-electron chi connectivity index (χ0n) is 20.8. The van der Waals surface area contributed by atoms with Gasteiger partial charge >= 0.3 is 6.09 Å². The first-order chi connectivity index (χ1) is 17.0. The van der Waals surface area contributed by atoms with E-state index in [4.69, 9.17) is 9.15 Å². The highest BCUT2D eigenvalue weighted by molar-refractivity contribution is 6.26. The maximum atomic E-state index is 13.7. The normalized spacial score (nSPS) is 12.4. The summed E-state index contributed by atoms with van der Waals surface area (Å²) in [5, 5.41) is 12.3. The van der Waals surface area contributed by atoms with Crippen LogP contribution in [0.15, 0.2) is 56.5 Å². The van der Waals surface area contributed by atoms with Crippen LogP contribution < -0.4 is 11.0 Å². The summed E-state index contributed by atoms with van der Waals surface area (Å²) >= 11 is 0. The Morgan fingerprint density at radius 3 is 2.47 bits per heavy atom. The second-order valence-corrected chi connectivity index (χ2v) is 10.1. The molecule has 0 saturated carbocycles. The van der Waals surface area contributed by atoms with Crippen molar-refractivity contribution in [3.63, 3.8) is 0 Å². The predicted molar refractivity (Wildman–Crippen MR) is 139 cm³/mol. The Kier molecular flexibility index (Phi) is 5.40. The van der Waals surface area contributed by atoms with Crippen molar-refractivity contribution in [2.45, 2.75) is 32.9 Å². The summed E-state index contributed by atoms with van der Waals surface area (Å²) in [5.41, 5.74) is -0.340. The number of para-hydroxylation sites is 2. The lowest BCUT2D eigenvalue weighted by Crippen LogP contribution is -2.28. The molecule has 0 aliphatic carbocycles. The number of aromatic hydroxyl groups is 1. The van der Waals surface area contributed by atoms with Gasteiger partial charge in [0.2, 0.25) is 5.88 Å². The molecule has 2 heterocycles. The van der Waals surface area contributed by atoms with E-state index in [2.05, 4.69) is 0 Å². The van der Waals surface area contributed by atoms with E-state index in [-0.39, 0.29) is 39.7 Å². The van der Waals surface area contributed by atoms with Crippen LogP contribution in [0.5, 0.6) is 5.88 Å². The largest absolute Gasteiger partial charge is 0.494 e. The minimum Gasteiger partial charge on any atom is -0.494 e. The third-order valence-electron chi connectivity index (χ3n) is 6.03. The van der Waals surface area contributed by atoms with Crippen LogP contribution >= 0.6 is 0 Å². The highest BCUT2D eigenvalue weighted by Gasteiger charge is 2.28. The van der Waals surface area contributed by atoms with Crippen LogP contribution in [-0.4, -0.2) is 51.5 Å². The fourth-order valence-corrected chi connectivity index (χ4v) is 4.51. The predicted octanol–water partition coefficient (Wildman–Crippen LogP) is 4.27. The Morgan fingerprint density at radius 2 is 1.78 bits per heavy atom. The van der Waals surface area contributed by atoms with E-state index in [1.165, 1.54) is 21.3 Å². The molecule has 3 aromatic carbocycles. The number of aromatic nitrogens is 2. The van der Waals surface area contributed by atoms with Crippen LogP contribution in [0.2, 0.25) is 0 Å². The molecule has 0 atom stereocenters. The summed E-state index contributed by atoms with van der Waals surface area (Å²) in [6.45, 7) is 6.03. The molecule has 0 saturated heterocycles. The van der Waals surface area contributed by atoms with Crippen LogP contribution in [0, 0.1) is 0 Å². The van der Waals surface area contributed by atoms with Gasteiger partial charge in [-0.05, 0) is 65.2 Å². The molecule has 5 aromatic rings. The topological polar surface area (TPSA) is 107 Å². The average Bonchev–Trinajstić information content (AvgIpc) is 3.05. The van der Waals surface area contributed by atoms with E-state index in [0.717, 1.165) is 0 Å². The number of nitrogens with zero attached hydrogens (tertiary/aromatic N) is 3. The van der Waals surface area contributed by atoms with Crippen LogP contribution in [0.1, 0.15) is 20.8 Å². The van der Waals surface area contributed by atoms with E-state index in [1.54, 1.807) is 51.1 Å². The van der Waals surface area contributed by atoms with Gasteiger partial charge in [-0.1, -0.05) is 12.1 Å². The van der Waals surface area contributed by atoms with Crippen molar-refractivity contribution in [3.8, 4) is 5.88 Å². The van der Waals surface area contributed by atoms with E-state index in [0.29, 0.717) is 28.4 Å². The van der Waals surface area contributed by atoms with Gasteiger partial charge in [0.15, 0.2) is 16.6 Å². The van der Waals surface area contributed by atoms with E-state index in [1.807, 2.05) is 19.0 Å². The maximum absolute atomic E-state index is 13.7. The zero-order valence-corrected chi connectivity index (χ0v) is 20.8. The summed E-state index contributed by atoms with van der Waals surface area (Å²) in [4.78, 5) is 41.5. The van der Waals surface area contributed by atoms with Crippen molar-refractivity contribution in [3.05, 3.63) is 63.0 Å². The van der Waals surface area contributed by atoms with Crippen molar-refractivity contribution in [2.24, 2.45) is 0 Å². The number of hydrogen-bond acceptors (Lipinski definition) is 7. The van der Waals surface area contributed by atoms with Gasteiger partial charge in [0.05, 0.1) is 16.3 Å². The second-order valence-electron chi connectivity index (χ2n) is 10.1. The van der Waals surface area contributed by atoms with Crippen LogP contribution in [0.4, 0.5) is 4.79 Å². The van der Waals surface area contributed by atoms with Crippen molar-refractivity contribution >= 4 is 49.8 Å². The fraction of sp³-hybridized carbons (Fsp3) is 0.296. The molecule has 2 aromatic heterocycles.